The molecule has 0 spiro atoms. The van der Waals surface area contributed by atoms with Crippen molar-refractivity contribution in [1.82, 2.24) is 5.32 Å². The topological polar surface area (TPSA) is 84.2 Å². The van der Waals surface area contributed by atoms with Gasteiger partial charge >= 0.3 is 0 Å². The Hall–Kier alpha value is -2.32. The highest BCUT2D eigenvalue weighted by molar-refractivity contribution is 5.98. The average molecular weight is 245 g/mol. The molecule has 4 N–H and O–H groups in total. The van der Waals surface area contributed by atoms with Gasteiger partial charge in [-0.05, 0) is 18.2 Å². The standard InChI is InChI=1S/C13H15N3O2/c1-3-5-11(14)13(18)16-10-7-4-6-9(8-10)12(17)15-2/h1,4,6-8,11H,5,14H2,2H3,(H,15,17)(H,16,18). The van der Waals surface area contributed by atoms with Crippen LogP contribution in [0.25, 0.3) is 0 Å². The van der Waals surface area contributed by atoms with Crippen molar-refractivity contribution in [3.63, 3.8) is 0 Å². The van der Waals surface area contributed by atoms with E-state index in [4.69, 9.17) is 12.2 Å². The molecule has 1 aromatic carbocycles. The number of carbonyl (C=O) groups is 2. The maximum atomic E-state index is 11.6. The monoisotopic (exact) mass is 245 g/mol. The molecule has 0 saturated heterocycles. The highest BCUT2D eigenvalue weighted by atomic mass is 16.2. The molecule has 1 rings (SSSR count). The van der Waals surface area contributed by atoms with Gasteiger partial charge < -0.3 is 16.4 Å². The van der Waals surface area contributed by atoms with Gasteiger partial charge in [0.1, 0.15) is 0 Å². The van der Waals surface area contributed by atoms with E-state index in [9.17, 15) is 9.59 Å². The molecule has 0 fully saturated rings. The molecule has 0 radical (unpaired) electrons. The minimum Gasteiger partial charge on any atom is -0.355 e. The third kappa shape index (κ3) is 3.61. The molecular formula is C13H15N3O2. The molecule has 0 aromatic heterocycles. The Morgan fingerprint density at radius 3 is 2.83 bits per heavy atom. The summed E-state index contributed by atoms with van der Waals surface area (Å²) in [4.78, 5) is 23.0. The van der Waals surface area contributed by atoms with E-state index in [-0.39, 0.29) is 18.2 Å². The molecule has 0 aliphatic rings. The summed E-state index contributed by atoms with van der Waals surface area (Å²) in [5, 5.41) is 5.11. The van der Waals surface area contributed by atoms with Gasteiger partial charge in [0.2, 0.25) is 5.91 Å². The Labute approximate surface area is 106 Å². The Morgan fingerprint density at radius 1 is 1.50 bits per heavy atom. The minimum atomic E-state index is -0.751. The van der Waals surface area contributed by atoms with Gasteiger partial charge in [0.25, 0.3) is 5.91 Å². The molecule has 5 nitrogen and oxygen atoms in total. The highest BCUT2D eigenvalue weighted by Crippen LogP contribution is 2.11. The van der Waals surface area contributed by atoms with Gasteiger partial charge in [-0.2, -0.15) is 0 Å². The lowest BCUT2D eigenvalue weighted by atomic mass is 10.1. The van der Waals surface area contributed by atoms with Crippen LogP contribution in [0.4, 0.5) is 5.69 Å². The van der Waals surface area contributed by atoms with Gasteiger partial charge in [-0.1, -0.05) is 6.07 Å². The quantitative estimate of drug-likeness (QED) is 0.669. The van der Waals surface area contributed by atoms with E-state index in [1.165, 1.54) is 7.05 Å². The van der Waals surface area contributed by atoms with Crippen molar-refractivity contribution in [3.05, 3.63) is 29.8 Å². The van der Waals surface area contributed by atoms with E-state index in [0.29, 0.717) is 11.3 Å². The molecule has 1 unspecified atom stereocenters. The van der Waals surface area contributed by atoms with Crippen LogP contribution in [-0.4, -0.2) is 24.9 Å². The summed E-state index contributed by atoms with van der Waals surface area (Å²) in [5.74, 6) is 1.73. The maximum absolute atomic E-state index is 11.6. The summed E-state index contributed by atoms with van der Waals surface area (Å²) in [6.07, 6.45) is 5.25. The lowest BCUT2D eigenvalue weighted by Crippen LogP contribution is -2.35. The lowest BCUT2D eigenvalue weighted by molar-refractivity contribution is -0.117. The average Bonchev–Trinajstić information content (AvgIpc) is 2.38. The molecule has 1 atom stereocenters. The highest BCUT2D eigenvalue weighted by Gasteiger charge is 2.12. The summed E-state index contributed by atoms with van der Waals surface area (Å²) in [6.45, 7) is 0. The van der Waals surface area contributed by atoms with Gasteiger partial charge in [0.15, 0.2) is 0 Å². The van der Waals surface area contributed by atoms with Crippen LogP contribution in [0.2, 0.25) is 0 Å². The third-order valence-electron chi connectivity index (χ3n) is 2.29. The second-order valence-corrected chi connectivity index (χ2v) is 3.66. The Kier molecular flexibility index (Phi) is 4.90. The number of hydrogen-bond donors (Lipinski definition) is 3. The van der Waals surface area contributed by atoms with Crippen LogP contribution >= 0.6 is 0 Å². The van der Waals surface area contributed by atoms with Crippen molar-refractivity contribution >= 4 is 17.5 Å². The molecule has 5 heteroatoms. The SMILES string of the molecule is C#CCC(N)C(=O)Nc1cccc(C(=O)NC)c1. The van der Waals surface area contributed by atoms with Crippen LogP contribution < -0.4 is 16.4 Å². The van der Waals surface area contributed by atoms with Gasteiger partial charge in [0.05, 0.1) is 6.04 Å². The second kappa shape index (κ2) is 6.42. The minimum absolute atomic E-state index is 0.168. The number of nitrogens with one attached hydrogen (secondary N) is 2. The first-order valence-electron chi connectivity index (χ1n) is 5.40. The molecule has 94 valence electrons. The lowest BCUT2D eigenvalue weighted by Gasteiger charge is -2.10. The van der Waals surface area contributed by atoms with Crippen LogP contribution in [0, 0.1) is 12.3 Å². The smallest absolute Gasteiger partial charge is 0.251 e. The first-order chi connectivity index (χ1) is 8.58. The predicted molar refractivity (Wildman–Crippen MR) is 69.9 cm³/mol. The molecule has 0 bridgehead atoms. The van der Waals surface area contributed by atoms with Crippen LogP contribution in [-0.2, 0) is 4.79 Å². The molecular weight excluding hydrogens is 230 g/mol. The number of hydrogen-bond acceptors (Lipinski definition) is 3. The van der Waals surface area contributed by atoms with Crippen molar-refractivity contribution in [1.29, 1.82) is 0 Å². The number of anilines is 1. The summed E-state index contributed by atoms with van der Waals surface area (Å²) in [5.41, 5.74) is 6.53. The van der Waals surface area contributed by atoms with Crippen LogP contribution in [0.3, 0.4) is 0 Å². The Balaban J connectivity index is 2.77. The summed E-state index contributed by atoms with van der Waals surface area (Å²) in [6, 6.07) is 5.81. The van der Waals surface area contributed by atoms with E-state index in [0.717, 1.165) is 0 Å². The Morgan fingerprint density at radius 2 is 2.22 bits per heavy atom. The van der Waals surface area contributed by atoms with Gasteiger partial charge in [-0.3, -0.25) is 9.59 Å². The predicted octanol–water partition coefficient (Wildman–Crippen LogP) is 0.335. The van der Waals surface area contributed by atoms with Crippen LogP contribution in [0.1, 0.15) is 16.8 Å². The number of amides is 2. The molecule has 0 aliphatic heterocycles. The normalized spacial score (nSPS) is 11.2. The summed E-state index contributed by atoms with van der Waals surface area (Å²) >= 11 is 0. The number of nitrogens with two attached hydrogens (primary N) is 1. The second-order valence-electron chi connectivity index (χ2n) is 3.66. The fraction of sp³-hybridized carbons (Fsp3) is 0.231. The zero-order chi connectivity index (χ0) is 13.5. The molecule has 0 saturated carbocycles. The first-order valence-corrected chi connectivity index (χ1v) is 5.40. The number of carbonyl (C=O) groups excluding carboxylic acids is 2. The molecule has 18 heavy (non-hydrogen) atoms. The summed E-state index contributed by atoms with van der Waals surface area (Å²) < 4.78 is 0. The Bertz CT molecular complexity index is 491. The fourth-order valence-corrected chi connectivity index (χ4v) is 1.34. The van der Waals surface area contributed by atoms with E-state index in [2.05, 4.69) is 16.6 Å². The summed E-state index contributed by atoms with van der Waals surface area (Å²) in [7, 11) is 1.54. The molecule has 0 heterocycles. The van der Waals surface area contributed by atoms with Crippen molar-refractivity contribution in [3.8, 4) is 12.3 Å². The van der Waals surface area contributed by atoms with Crippen molar-refractivity contribution < 1.29 is 9.59 Å². The maximum Gasteiger partial charge on any atom is 0.251 e. The number of terminal acetylenes is 1. The number of rotatable bonds is 4. The van der Waals surface area contributed by atoms with Gasteiger partial charge in [-0.25, -0.2) is 0 Å². The fourth-order valence-electron chi connectivity index (χ4n) is 1.34. The zero-order valence-corrected chi connectivity index (χ0v) is 10.1. The van der Waals surface area contributed by atoms with Gasteiger partial charge in [0, 0.05) is 24.7 Å². The van der Waals surface area contributed by atoms with Gasteiger partial charge in [-0.15, -0.1) is 12.3 Å². The molecule has 2 amide bonds. The van der Waals surface area contributed by atoms with Crippen molar-refractivity contribution in [2.24, 2.45) is 5.73 Å². The van der Waals surface area contributed by atoms with E-state index in [1.54, 1.807) is 24.3 Å². The van der Waals surface area contributed by atoms with E-state index >= 15 is 0 Å². The van der Waals surface area contributed by atoms with E-state index in [1.807, 2.05) is 0 Å². The first kappa shape index (κ1) is 13.7. The van der Waals surface area contributed by atoms with Crippen LogP contribution in [0.5, 0.6) is 0 Å². The molecule has 0 aliphatic carbocycles. The largest absolute Gasteiger partial charge is 0.355 e. The third-order valence-corrected chi connectivity index (χ3v) is 2.29. The zero-order valence-electron chi connectivity index (χ0n) is 10.1. The van der Waals surface area contributed by atoms with Crippen molar-refractivity contribution in [2.45, 2.75) is 12.5 Å². The van der Waals surface area contributed by atoms with Crippen molar-refractivity contribution in [2.75, 3.05) is 12.4 Å². The molecule has 1 aromatic rings. The van der Waals surface area contributed by atoms with Crippen LogP contribution in [0.15, 0.2) is 24.3 Å². The number of benzene rings is 1. The van der Waals surface area contributed by atoms with E-state index < -0.39 is 6.04 Å².